The molecule has 0 heterocycles. The highest BCUT2D eigenvalue weighted by Crippen LogP contribution is 2.03. The van der Waals surface area contributed by atoms with E-state index in [9.17, 15) is 19.2 Å². The average molecular weight is 349 g/mol. The number of benzene rings is 1. The number of amides is 3. The number of hydrogen-bond donors (Lipinski definition) is 4. The van der Waals surface area contributed by atoms with Crippen LogP contribution in [-0.2, 0) is 14.4 Å². The maximum Gasteiger partial charge on any atom is 0.305 e. The lowest BCUT2D eigenvalue weighted by molar-refractivity contribution is -0.137. The van der Waals surface area contributed by atoms with Crippen molar-refractivity contribution < 1.29 is 24.3 Å². The molecule has 136 valence electrons. The summed E-state index contributed by atoms with van der Waals surface area (Å²) in [6.07, 6.45) is 0.0396. The van der Waals surface area contributed by atoms with Gasteiger partial charge < -0.3 is 21.1 Å². The monoisotopic (exact) mass is 349 g/mol. The van der Waals surface area contributed by atoms with Gasteiger partial charge in [0.2, 0.25) is 11.8 Å². The summed E-state index contributed by atoms with van der Waals surface area (Å²) < 4.78 is 0. The minimum Gasteiger partial charge on any atom is -0.481 e. The van der Waals surface area contributed by atoms with Gasteiger partial charge in [-0.2, -0.15) is 0 Å². The van der Waals surface area contributed by atoms with Crippen LogP contribution in [0, 0.1) is 6.92 Å². The molecule has 0 bridgehead atoms. The molecule has 0 aliphatic rings. The Balaban J connectivity index is 2.13. The van der Waals surface area contributed by atoms with Crippen LogP contribution in [0.3, 0.4) is 0 Å². The second-order valence-electron chi connectivity index (χ2n) is 5.47. The van der Waals surface area contributed by atoms with Gasteiger partial charge in [0.1, 0.15) is 0 Å². The van der Waals surface area contributed by atoms with Crippen LogP contribution in [0.25, 0.3) is 0 Å². The van der Waals surface area contributed by atoms with E-state index in [0.29, 0.717) is 5.56 Å². The number of aliphatic carboxylic acids is 1. The van der Waals surface area contributed by atoms with Gasteiger partial charge in [-0.3, -0.25) is 19.2 Å². The van der Waals surface area contributed by atoms with Crippen molar-refractivity contribution in [2.45, 2.75) is 26.2 Å². The third kappa shape index (κ3) is 9.09. The number of hydrogen-bond acceptors (Lipinski definition) is 4. The van der Waals surface area contributed by atoms with E-state index in [1.807, 2.05) is 13.0 Å². The second-order valence-corrected chi connectivity index (χ2v) is 5.47. The summed E-state index contributed by atoms with van der Waals surface area (Å²) in [5.41, 5.74) is 1.52. The summed E-state index contributed by atoms with van der Waals surface area (Å²) in [5.74, 6) is -1.83. The van der Waals surface area contributed by atoms with Crippen molar-refractivity contribution in [1.29, 1.82) is 0 Å². The zero-order chi connectivity index (χ0) is 18.7. The van der Waals surface area contributed by atoms with Gasteiger partial charge in [-0.15, -0.1) is 0 Å². The topological polar surface area (TPSA) is 125 Å². The molecule has 1 aromatic rings. The zero-order valence-electron chi connectivity index (χ0n) is 14.1. The molecule has 4 N–H and O–H groups in total. The highest BCUT2D eigenvalue weighted by Gasteiger charge is 2.07. The molecule has 0 saturated carbocycles. The van der Waals surface area contributed by atoms with Crippen LogP contribution in [0.4, 0.5) is 0 Å². The molecule has 8 heteroatoms. The predicted molar refractivity (Wildman–Crippen MR) is 91.0 cm³/mol. The summed E-state index contributed by atoms with van der Waals surface area (Å²) in [7, 11) is 0. The van der Waals surface area contributed by atoms with E-state index in [0.717, 1.165) is 5.56 Å². The Bertz CT molecular complexity index is 630. The van der Waals surface area contributed by atoms with Crippen molar-refractivity contribution in [2.24, 2.45) is 0 Å². The maximum atomic E-state index is 11.9. The molecule has 0 spiro atoms. The van der Waals surface area contributed by atoms with Crippen molar-refractivity contribution in [3.05, 3.63) is 35.4 Å². The number of aryl methyl sites for hydroxylation is 1. The molecule has 0 radical (unpaired) electrons. The van der Waals surface area contributed by atoms with Crippen LogP contribution in [0.2, 0.25) is 0 Å². The molecule has 25 heavy (non-hydrogen) atoms. The van der Waals surface area contributed by atoms with Gasteiger partial charge in [-0.1, -0.05) is 17.7 Å². The van der Waals surface area contributed by atoms with E-state index in [-0.39, 0.29) is 56.6 Å². The molecule has 1 rings (SSSR count). The molecule has 3 amide bonds. The third-order valence-corrected chi connectivity index (χ3v) is 3.25. The predicted octanol–water partition coefficient (Wildman–Crippen LogP) is 0.212. The fourth-order valence-electron chi connectivity index (χ4n) is 1.98. The van der Waals surface area contributed by atoms with Crippen molar-refractivity contribution in [1.82, 2.24) is 16.0 Å². The second kappa shape index (κ2) is 10.8. The fraction of sp³-hybridized carbons (Fsp3) is 0.412. The van der Waals surface area contributed by atoms with E-state index in [1.54, 1.807) is 18.2 Å². The Kier molecular flexibility index (Phi) is 8.70. The largest absolute Gasteiger partial charge is 0.481 e. The highest BCUT2D eigenvalue weighted by atomic mass is 16.4. The molecule has 0 aliphatic carbocycles. The first-order valence-electron chi connectivity index (χ1n) is 7.98. The number of nitrogens with one attached hydrogen (secondary N) is 3. The van der Waals surface area contributed by atoms with Crippen molar-refractivity contribution >= 4 is 23.7 Å². The maximum absolute atomic E-state index is 11.9. The van der Waals surface area contributed by atoms with Gasteiger partial charge in [0.25, 0.3) is 5.91 Å². The van der Waals surface area contributed by atoms with Crippen LogP contribution < -0.4 is 16.0 Å². The first-order chi connectivity index (χ1) is 11.9. The highest BCUT2D eigenvalue weighted by molar-refractivity contribution is 5.94. The smallest absolute Gasteiger partial charge is 0.305 e. The summed E-state index contributed by atoms with van der Waals surface area (Å²) in [6.45, 7) is 2.31. The van der Waals surface area contributed by atoms with E-state index in [4.69, 9.17) is 5.11 Å². The number of rotatable bonds is 10. The Labute approximate surface area is 146 Å². The summed E-state index contributed by atoms with van der Waals surface area (Å²) >= 11 is 0. The molecular formula is C17H23N3O5. The molecule has 1 aromatic carbocycles. The van der Waals surface area contributed by atoms with Crippen LogP contribution in [0.5, 0.6) is 0 Å². The molecular weight excluding hydrogens is 326 g/mol. The molecule has 0 atom stereocenters. The van der Waals surface area contributed by atoms with Gasteiger partial charge in [-0.25, -0.2) is 0 Å². The lowest BCUT2D eigenvalue weighted by atomic mass is 10.1. The standard InChI is InChI=1S/C17H23N3O5/c1-12-3-2-4-13(11-12)17(25)20-9-6-15(22)18-8-5-14(21)19-10-7-16(23)24/h2-4,11H,5-10H2,1H3,(H,18,22)(H,19,21)(H,20,25)(H,23,24). The summed E-state index contributed by atoms with van der Waals surface area (Å²) in [5, 5.41) is 16.1. The number of carboxylic acids is 1. The van der Waals surface area contributed by atoms with Crippen molar-refractivity contribution in [2.75, 3.05) is 19.6 Å². The van der Waals surface area contributed by atoms with E-state index < -0.39 is 5.97 Å². The lowest BCUT2D eigenvalue weighted by Gasteiger charge is -2.07. The van der Waals surface area contributed by atoms with Gasteiger partial charge in [0.05, 0.1) is 6.42 Å². The molecule has 8 nitrogen and oxygen atoms in total. The van der Waals surface area contributed by atoms with Crippen LogP contribution >= 0.6 is 0 Å². The van der Waals surface area contributed by atoms with Gasteiger partial charge in [0.15, 0.2) is 0 Å². The normalized spacial score (nSPS) is 9.96. The Morgan fingerprint density at radius 3 is 2.00 bits per heavy atom. The van der Waals surface area contributed by atoms with Gasteiger partial charge >= 0.3 is 5.97 Å². The van der Waals surface area contributed by atoms with E-state index >= 15 is 0 Å². The number of carbonyl (C=O) groups is 4. The molecule has 0 aliphatic heterocycles. The number of carboxylic acid groups (broad SMARTS) is 1. The molecule has 0 saturated heterocycles. The molecule has 0 aromatic heterocycles. The Morgan fingerprint density at radius 2 is 1.44 bits per heavy atom. The molecule has 0 fully saturated rings. The SMILES string of the molecule is Cc1cccc(C(=O)NCCC(=O)NCCC(=O)NCCC(=O)O)c1. The van der Waals surface area contributed by atoms with Crippen LogP contribution in [0.15, 0.2) is 24.3 Å². The van der Waals surface area contributed by atoms with Crippen molar-refractivity contribution in [3.63, 3.8) is 0 Å². The minimum atomic E-state index is -0.985. The van der Waals surface area contributed by atoms with Crippen LogP contribution in [0.1, 0.15) is 35.2 Å². The first kappa shape index (κ1) is 20.1. The fourth-order valence-corrected chi connectivity index (χ4v) is 1.98. The average Bonchev–Trinajstić information content (AvgIpc) is 2.54. The van der Waals surface area contributed by atoms with E-state index in [2.05, 4.69) is 16.0 Å². The lowest BCUT2D eigenvalue weighted by Crippen LogP contribution is -2.34. The quantitative estimate of drug-likeness (QED) is 0.481. The van der Waals surface area contributed by atoms with Gasteiger partial charge in [-0.05, 0) is 19.1 Å². The van der Waals surface area contributed by atoms with Crippen molar-refractivity contribution in [3.8, 4) is 0 Å². The Hall–Kier alpha value is -2.90. The zero-order valence-corrected chi connectivity index (χ0v) is 14.1. The third-order valence-electron chi connectivity index (χ3n) is 3.25. The Morgan fingerprint density at radius 1 is 0.880 bits per heavy atom. The first-order valence-corrected chi connectivity index (χ1v) is 7.98. The van der Waals surface area contributed by atoms with Crippen LogP contribution in [-0.4, -0.2) is 48.4 Å². The van der Waals surface area contributed by atoms with E-state index in [1.165, 1.54) is 0 Å². The number of carbonyl (C=O) groups excluding carboxylic acids is 3. The minimum absolute atomic E-state index is 0.0626. The summed E-state index contributed by atoms with van der Waals surface area (Å²) in [4.78, 5) is 45.2. The summed E-state index contributed by atoms with van der Waals surface area (Å²) in [6, 6.07) is 7.14. The van der Waals surface area contributed by atoms with Gasteiger partial charge in [0, 0.05) is 38.0 Å². The molecule has 0 unspecified atom stereocenters.